The Morgan fingerprint density at radius 1 is 1.21 bits per heavy atom. The lowest BCUT2D eigenvalue weighted by molar-refractivity contribution is -0.0504. The minimum absolute atomic E-state index is 0.0135. The normalized spacial score (nSPS) is 11.7. The fourth-order valence-electron chi connectivity index (χ4n) is 1.86. The number of alkyl halides is 2. The van der Waals surface area contributed by atoms with Crippen LogP contribution in [0.1, 0.15) is 5.56 Å². The van der Waals surface area contributed by atoms with Gasteiger partial charge in [0.05, 0.1) is 5.02 Å². The van der Waals surface area contributed by atoms with Crippen LogP contribution in [0.5, 0.6) is 11.5 Å². The second-order valence-corrected chi connectivity index (χ2v) is 7.12. The Morgan fingerprint density at radius 2 is 1.88 bits per heavy atom. The first kappa shape index (κ1) is 18.7. The lowest BCUT2D eigenvalue weighted by Crippen LogP contribution is -2.24. The van der Waals surface area contributed by atoms with Gasteiger partial charge in [0, 0.05) is 17.1 Å². The Labute approximate surface area is 146 Å². The zero-order valence-electron chi connectivity index (χ0n) is 11.8. The van der Waals surface area contributed by atoms with E-state index in [1.807, 2.05) is 0 Å². The first-order valence-electron chi connectivity index (χ1n) is 6.41. The number of sulfonamides is 1. The van der Waals surface area contributed by atoms with Crippen LogP contribution in [0.4, 0.5) is 8.78 Å². The lowest BCUT2D eigenvalue weighted by atomic mass is 10.2. The third-order valence-electron chi connectivity index (χ3n) is 2.92. The van der Waals surface area contributed by atoms with Crippen LogP contribution in [0.15, 0.2) is 41.3 Å². The van der Waals surface area contributed by atoms with Crippen molar-refractivity contribution >= 4 is 33.2 Å². The Morgan fingerprint density at radius 3 is 2.54 bits per heavy atom. The maximum absolute atomic E-state index is 12.4. The van der Waals surface area contributed by atoms with Crippen LogP contribution in [-0.2, 0) is 16.6 Å². The maximum Gasteiger partial charge on any atom is 0.387 e. The molecule has 2 aromatic rings. The van der Waals surface area contributed by atoms with Gasteiger partial charge in [-0.3, -0.25) is 0 Å². The van der Waals surface area contributed by atoms with Gasteiger partial charge in [0.15, 0.2) is 5.75 Å². The predicted octanol–water partition coefficient (Wildman–Crippen LogP) is 3.78. The zero-order chi connectivity index (χ0) is 17.9. The Bertz CT molecular complexity index is 847. The molecule has 0 saturated heterocycles. The van der Waals surface area contributed by atoms with Crippen molar-refractivity contribution in [3.8, 4) is 11.5 Å². The molecule has 2 aromatic carbocycles. The molecule has 24 heavy (non-hydrogen) atoms. The third-order valence-corrected chi connectivity index (χ3v) is 4.84. The fraction of sp³-hybridized carbons (Fsp3) is 0.143. The van der Waals surface area contributed by atoms with Gasteiger partial charge in [0.2, 0.25) is 10.0 Å². The molecule has 0 atom stereocenters. The lowest BCUT2D eigenvalue weighted by Gasteiger charge is -2.13. The van der Waals surface area contributed by atoms with Crippen LogP contribution in [0, 0.1) is 0 Å². The summed E-state index contributed by atoms with van der Waals surface area (Å²) in [6.07, 6.45) is 0. The van der Waals surface area contributed by atoms with Crippen LogP contribution in [0.2, 0.25) is 10.0 Å². The topological polar surface area (TPSA) is 75.6 Å². The summed E-state index contributed by atoms with van der Waals surface area (Å²) < 4.78 is 55.8. The van der Waals surface area contributed by atoms with E-state index in [1.165, 1.54) is 30.3 Å². The molecule has 0 unspecified atom stereocenters. The summed E-state index contributed by atoms with van der Waals surface area (Å²) in [6, 6.07) is 7.92. The molecular weight excluding hydrogens is 387 g/mol. The van der Waals surface area contributed by atoms with Crippen molar-refractivity contribution in [2.75, 3.05) is 0 Å². The molecule has 0 aliphatic heterocycles. The van der Waals surface area contributed by atoms with Crippen molar-refractivity contribution in [3.05, 3.63) is 52.0 Å². The molecule has 5 nitrogen and oxygen atoms in total. The number of nitrogens with one attached hydrogen (secondary N) is 1. The van der Waals surface area contributed by atoms with Crippen molar-refractivity contribution in [2.24, 2.45) is 0 Å². The molecule has 0 bridgehead atoms. The number of halogens is 4. The molecule has 0 amide bonds. The van der Waals surface area contributed by atoms with Crippen LogP contribution < -0.4 is 9.46 Å². The summed E-state index contributed by atoms with van der Waals surface area (Å²) in [4.78, 5) is -0.521. The van der Waals surface area contributed by atoms with Gasteiger partial charge in [0.25, 0.3) is 0 Å². The highest BCUT2D eigenvalue weighted by Gasteiger charge is 2.22. The molecule has 0 saturated carbocycles. The van der Waals surface area contributed by atoms with E-state index in [9.17, 15) is 22.3 Å². The number of hydrogen-bond acceptors (Lipinski definition) is 4. The highest BCUT2D eigenvalue weighted by atomic mass is 35.5. The highest BCUT2D eigenvalue weighted by molar-refractivity contribution is 7.89. The largest absolute Gasteiger partial charge is 0.505 e. The molecule has 0 radical (unpaired) electrons. The first-order chi connectivity index (χ1) is 11.2. The molecule has 0 spiro atoms. The number of aromatic hydroxyl groups is 1. The Kier molecular flexibility index (Phi) is 5.87. The molecule has 0 aliphatic carbocycles. The SMILES string of the molecule is O=S(=O)(NCc1ccccc1OC(F)F)c1cc(Cl)cc(Cl)c1O. The number of phenols is 1. The number of ether oxygens (including phenoxy) is 1. The number of rotatable bonds is 6. The standard InChI is InChI=1S/C14H11Cl2F2NO4S/c15-9-5-10(16)13(20)12(6-9)24(21,22)19-7-8-3-1-2-4-11(8)23-14(17)18/h1-6,14,19-20H,7H2. The summed E-state index contributed by atoms with van der Waals surface area (Å²) in [5.74, 6) is -0.825. The first-order valence-corrected chi connectivity index (χ1v) is 8.65. The van der Waals surface area contributed by atoms with Gasteiger partial charge in [-0.1, -0.05) is 41.4 Å². The minimum Gasteiger partial charge on any atom is -0.505 e. The van der Waals surface area contributed by atoms with E-state index in [1.54, 1.807) is 0 Å². The highest BCUT2D eigenvalue weighted by Crippen LogP contribution is 2.34. The summed E-state index contributed by atoms with van der Waals surface area (Å²) in [5.41, 5.74) is 0.189. The van der Waals surface area contributed by atoms with E-state index in [0.29, 0.717) is 0 Å². The van der Waals surface area contributed by atoms with Gasteiger partial charge in [-0.15, -0.1) is 0 Å². The summed E-state index contributed by atoms with van der Waals surface area (Å²) in [6.45, 7) is -3.38. The maximum atomic E-state index is 12.4. The second kappa shape index (κ2) is 7.52. The molecule has 0 fully saturated rings. The number of phenolic OH excluding ortho intramolecular Hbond substituents is 1. The molecule has 2 rings (SSSR count). The quantitative estimate of drug-likeness (QED) is 0.777. The van der Waals surface area contributed by atoms with E-state index in [0.717, 1.165) is 6.07 Å². The van der Waals surface area contributed by atoms with E-state index in [-0.39, 0.29) is 27.9 Å². The van der Waals surface area contributed by atoms with Gasteiger partial charge in [0.1, 0.15) is 10.6 Å². The fourth-order valence-corrected chi connectivity index (χ4v) is 3.62. The molecule has 10 heteroatoms. The van der Waals surface area contributed by atoms with Crippen LogP contribution >= 0.6 is 23.2 Å². The van der Waals surface area contributed by atoms with Gasteiger partial charge in [-0.25, -0.2) is 13.1 Å². The van der Waals surface area contributed by atoms with Gasteiger partial charge in [-0.05, 0) is 18.2 Å². The van der Waals surface area contributed by atoms with Crippen LogP contribution in [0.25, 0.3) is 0 Å². The predicted molar refractivity (Wildman–Crippen MR) is 85.2 cm³/mol. The minimum atomic E-state index is -4.19. The average molecular weight is 398 g/mol. The van der Waals surface area contributed by atoms with Gasteiger partial charge in [-0.2, -0.15) is 8.78 Å². The van der Waals surface area contributed by atoms with E-state index in [2.05, 4.69) is 9.46 Å². The smallest absolute Gasteiger partial charge is 0.387 e. The second-order valence-electron chi connectivity index (χ2n) is 4.55. The van der Waals surface area contributed by atoms with Gasteiger partial charge >= 0.3 is 6.61 Å². The molecule has 0 aliphatic rings. The van der Waals surface area contributed by atoms with E-state index < -0.39 is 27.3 Å². The molecule has 2 N–H and O–H groups in total. The van der Waals surface area contributed by atoms with Crippen molar-refractivity contribution in [2.45, 2.75) is 18.1 Å². The van der Waals surface area contributed by atoms with E-state index >= 15 is 0 Å². The average Bonchev–Trinajstić information content (AvgIpc) is 2.49. The number of benzene rings is 2. The summed E-state index contributed by atoms with van der Waals surface area (Å²) in [7, 11) is -4.19. The zero-order valence-corrected chi connectivity index (χ0v) is 14.2. The summed E-state index contributed by atoms with van der Waals surface area (Å²) in [5, 5.41) is 9.58. The number of para-hydroxylation sites is 1. The molecule has 0 aromatic heterocycles. The van der Waals surface area contributed by atoms with Crippen LogP contribution in [-0.4, -0.2) is 20.1 Å². The van der Waals surface area contributed by atoms with E-state index in [4.69, 9.17) is 23.2 Å². The number of hydrogen-bond donors (Lipinski definition) is 2. The third kappa shape index (κ3) is 4.47. The molecular formula is C14H11Cl2F2NO4S. The monoisotopic (exact) mass is 397 g/mol. The van der Waals surface area contributed by atoms with Crippen molar-refractivity contribution < 1.29 is 27.0 Å². The molecule has 130 valence electrons. The van der Waals surface area contributed by atoms with Crippen LogP contribution in [0.3, 0.4) is 0 Å². The Hall–Kier alpha value is -1.61. The Balaban J connectivity index is 2.26. The van der Waals surface area contributed by atoms with Gasteiger partial charge < -0.3 is 9.84 Å². The molecule has 0 heterocycles. The summed E-state index contributed by atoms with van der Waals surface area (Å²) >= 11 is 11.4. The van der Waals surface area contributed by atoms with Crippen molar-refractivity contribution in [3.63, 3.8) is 0 Å². The van der Waals surface area contributed by atoms with Crippen molar-refractivity contribution in [1.82, 2.24) is 4.72 Å². The van der Waals surface area contributed by atoms with Crippen molar-refractivity contribution in [1.29, 1.82) is 0 Å².